The fraction of sp³-hybridized carbons (Fsp3) is 0.475. The van der Waals surface area contributed by atoms with Crippen LogP contribution in [0.25, 0.3) is 21.2 Å². The van der Waals surface area contributed by atoms with E-state index in [4.69, 9.17) is 33.4 Å². The molecule has 4 aliphatic rings. The molecule has 0 spiro atoms. The van der Waals surface area contributed by atoms with Crippen LogP contribution in [0, 0.1) is 31.1 Å². The number of aliphatic hydroxyl groups excluding tert-OH is 1. The van der Waals surface area contributed by atoms with Gasteiger partial charge in [-0.05, 0) is 68.8 Å². The molecular weight excluding hydrogens is 1060 g/mol. The van der Waals surface area contributed by atoms with Gasteiger partial charge in [0.25, 0.3) is 0 Å². The Hall–Kier alpha value is -7.48. The van der Waals surface area contributed by atoms with Crippen molar-refractivity contribution < 1.29 is 43.0 Å². The maximum atomic E-state index is 14.0. The lowest BCUT2D eigenvalue weighted by atomic mass is 9.91. The summed E-state index contributed by atoms with van der Waals surface area (Å²) < 4.78 is 30.8. The van der Waals surface area contributed by atoms with Gasteiger partial charge in [0.05, 0.1) is 84.6 Å². The number of rotatable bonds is 22. The zero-order valence-corrected chi connectivity index (χ0v) is 48.2. The minimum Gasteiger partial charge on any atom is -0.491 e. The number of carbonyl (C=O) groups excluding carboxylic acids is 3. The molecule has 432 valence electrons. The lowest BCUT2D eigenvalue weighted by Crippen LogP contribution is -2.55. The molecule has 4 aliphatic heterocycles. The number of hydrogen-bond acceptors (Lipinski definition) is 18. The molecule has 3 amide bonds. The number of amides is 3. The molecule has 0 aliphatic carbocycles. The number of nitriles is 1. The second kappa shape index (κ2) is 26.2. The Balaban J connectivity index is 0.731. The molecule has 2 unspecified atom stereocenters. The lowest BCUT2D eigenvalue weighted by molar-refractivity contribution is -0.141. The van der Waals surface area contributed by atoms with E-state index < -0.39 is 18.1 Å². The minimum atomic E-state index is -0.865. The monoisotopic (exact) mass is 1140 g/mol. The molecule has 21 heteroatoms. The summed E-state index contributed by atoms with van der Waals surface area (Å²) in [5.74, 6) is 0.185. The molecule has 6 aromatic rings. The zero-order chi connectivity index (χ0) is 57.4. The number of carbonyl (C=O) groups is 3. The average Bonchev–Trinajstić information content (AvgIpc) is 4.45. The first kappa shape index (κ1) is 57.7. The molecule has 3 fully saturated rings. The topological polar surface area (TPSA) is 225 Å². The number of likely N-dealkylation sites (tertiary alicyclic amines) is 2. The van der Waals surface area contributed by atoms with Crippen LogP contribution in [0.3, 0.4) is 0 Å². The van der Waals surface area contributed by atoms with Gasteiger partial charge in [-0.3, -0.25) is 19.3 Å². The fourth-order valence-electron chi connectivity index (χ4n) is 11.8. The van der Waals surface area contributed by atoms with Crippen LogP contribution in [0.4, 0.5) is 11.5 Å². The standard InChI is InChI=1S/C61H73N11O9S/c1-7-55(74)71-22-21-70(32-44(71)17-19-62)58-49-18-20-69(51-14-10-12-41-11-8-9-13-48(41)51)35-50(49)65-61(66-58)80-36-45-29-47(34-68(45)6)78-25-23-77-24-26-79-53-28-42(57-40(5)64-37-82-57)15-16-43(53)31-63-59(75)52-30-46(73)33-72(52)60(76)56(38(2)3)54-27-39(4)67-81-54/h7-16,27-28,37-38,44-47,52,56,73H,1,17-18,20-26,29-36H2,2-6H3,(H,63,75)/t44?,45-,46+,47+,52-,56?/m0/s1. The molecule has 10 rings (SSSR count). The molecule has 6 atom stereocenters. The molecule has 7 heterocycles. The van der Waals surface area contributed by atoms with Crippen LogP contribution < -0.4 is 24.6 Å². The maximum absolute atomic E-state index is 14.0. The SMILES string of the molecule is C=CC(=O)N1CCN(c2nc(OC[C@@H]3C[C@@H](OCCOCCOc4cc(-c5scnc5C)ccc4CNC(=O)[C@@H]4C[C@@H](O)CN4C(=O)C(c4cc(C)no4)C(C)C)CN3C)nc3c2CCN(c2cccc4ccccc24)C3)CC1CC#N. The van der Waals surface area contributed by atoms with Crippen LogP contribution in [0.15, 0.2) is 89.4 Å². The number of fused-ring (bicyclic) bond motifs is 2. The molecule has 3 saturated heterocycles. The number of benzene rings is 3. The molecule has 2 N–H and O–H groups in total. The summed E-state index contributed by atoms with van der Waals surface area (Å²) in [6.07, 6.45) is 2.21. The highest BCUT2D eigenvalue weighted by molar-refractivity contribution is 7.13. The fourth-order valence-corrected chi connectivity index (χ4v) is 12.6. The number of β-amino-alcohol motifs (C(OH)–C–C–N with tert-alkyl or cyclic N) is 1. The Bertz CT molecular complexity index is 3280. The normalized spacial score (nSPS) is 20.5. The predicted octanol–water partition coefficient (Wildman–Crippen LogP) is 6.62. The van der Waals surface area contributed by atoms with Crippen molar-refractivity contribution in [2.45, 2.75) is 103 Å². The molecule has 0 saturated carbocycles. The second-order valence-corrected chi connectivity index (χ2v) is 22.9. The van der Waals surface area contributed by atoms with Crippen LogP contribution in [-0.4, -0.2) is 167 Å². The third kappa shape index (κ3) is 13.1. The summed E-state index contributed by atoms with van der Waals surface area (Å²) in [6.45, 7) is 16.6. The van der Waals surface area contributed by atoms with Crippen molar-refractivity contribution in [3.63, 3.8) is 0 Å². The average molecular weight is 1140 g/mol. The van der Waals surface area contributed by atoms with E-state index in [0.717, 1.165) is 63.8 Å². The number of thiazole rings is 1. The van der Waals surface area contributed by atoms with Gasteiger partial charge in [0, 0.05) is 86.5 Å². The number of nitrogens with zero attached hydrogens (tertiary/aromatic N) is 10. The Morgan fingerprint density at radius 1 is 0.939 bits per heavy atom. The highest BCUT2D eigenvalue weighted by atomic mass is 32.1. The highest BCUT2D eigenvalue weighted by Crippen LogP contribution is 2.37. The van der Waals surface area contributed by atoms with Gasteiger partial charge in [-0.1, -0.05) is 74.1 Å². The Labute approximate surface area is 482 Å². The van der Waals surface area contributed by atoms with Crippen LogP contribution in [-0.2, 0) is 43.4 Å². The van der Waals surface area contributed by atoms with E-state index >= 15 is 0 Å². The van der Waals surface area contributed by atoms with Gasteiger partial charge in [0.15, 0.2) is 0 Å². The molecule has 3 aromatic heterocycles. The first-order chi connectivity index (χ1) is 39.8. The van der Waals surface area contributed by atoms with Crippen molar-refractivity contribution in [2.75, 3.05) is 89.2 Å². The largest absolute Gasteiger partial charge is 0.491 e. The number of piperazine rings is 1. The van der Waals surface area contributed by atoms with E-state index in [9.17, 15) is 24.8 Å². The summed E-state index contributed by atoms with van der Waals surface area (Å²) >= 11 is 1.54. The maximum Gasteiger partial charge on any atom is 0.318 e. The zero-order valence-electron chi connectivity index (χ0n) is 47.4. The molecule has 82 heavy (non-hydrogen) atoms. The van der Waals surface area contributed by atoms with E-state index in [0.29, 0.717) is 82.4 Å². The van der Waals surface area contributed by atoms with Crippen LogP contribution in [0.2, 0.25) is 0 Å². The van der Waals surface area contributed by atoms with E-state index in [1.165, 1.54) is 33.1 Å². The third-order valence-corrected chi connectivity index (χ3v) is 17.1. The van der Waals surface area contributed by atoms with Gasteiger partial charge in [-0.15, -0.1) is 11.3 Å². The van der Waals surface area contributed by atoms with Gasteiger partial charge in [-0.2, -0.15) is 15.2 Å². The second-order valence-electron chi connectivity index (χ2n) is 22.0. The van der Waals surface area contributed by atoms with Crippen molar-refractivity contribution >= 4 is 51.3 Å². The number of ether oxygens (including phenoxy) is 4. The molecule has 0 radical (unpaired) electrons. The van der Waals surface area contributed by atoms with E-state index in [1.807, 2.05) is 39.0 Å². The van der Waals surface area contributed by atoms with Gasteiger partial charge in [-0.25, -0.2) is 4.98 Å². The van der Waals surface area contributed by atoms with Crippen molar-refractivity contribution in [3.8, 4) is 28.3 Å². The van der Waals surface area contributed by atoms with Crippen molar-refractivity contribution in [1.82, 2.24) is 40.1 Å². The third-order valence-electron chi connectivity index (χ3n) is 16.1. The van der Waals surface area contributed by atoms with Crippen molar-refractivity contribution in [2.24, 2.45) is 5.92 Å². The van der Waals surface area contributed by atoms with E-state index in [-0.39, 0.29) is 74.4 Å². The Kier molecular flexibility index (Phi) is 18.4. The summed E-state index contributed by atoms with van der Waals surface area (Å²) in [5.41, 5.74) is 8.15. The van der Waals surface area contributed by atoms with Crippen molar-refractivity contribution in [1.29, 1.82) is 5.26 Å². The molecular formula is C61H73N11O9S. The number of aryl methyl sites for hydroxylation is 2. The number of aliphatic hydroxyl groups is 1. The summed E-state index contributed by atoms with van der Waals surface area (Å²) in [7, 11) is 2.07. The van der Waals surface area contributed by atoms with Crippen LogP contribution in [0.5, 0.6) is 11.8 Å². The van der Waals surface area contributed by atoms with E-state index in [2.05, 4.69) is 92.3 Å². The number of aromatic nitrogens is 4. The van der Waals surface area contributed by atoms with Gasteiger partial charge >= 0.3 is 6.01 Å². The number of nitrogens with one attached hydrogen (secondary N) is 1. The van der Waals surface area contributed by atoms with Crippen LogP contribution >= 0.6 is 11.3 Å². The van der Waals surface area contributed by atoms with Crippen LogP contribution in [0.1, 0.15) is 73.0 Å². The van der Waals surface area contributed by atoms with Gasteiger partial charge < -0.3 is 53.5 Å². The molecule has 20 nitrogen and oxygen atoms in total. The lowest BCUT2D eigenvalue weighted by Gasteiger charge is -2.42. The van der Waals surface area contributed by atoms with Gasteiger partial charge in [0.1, 0.15) is 42.5 Å². The number of hydrogen-bond donors (Lipinski definition) is 2. The highest BCUT2D eigenvalue weighted by Gasteiger charge is 2.43. The molecule has 3 aromatic carbocycles. The first-order valence-electron chi connectivity index (χ1n) is 28.3. The predicted molar refractivity (Wildman–Crippen MR) is 311 cm³/mol. The molecule has 0 bridgehead atoms. The summed E-state index contributed by atoms with van der Waals surface area (Å²) in [5, 5.41) is 29.8. The number of likely N-dealkylation sites (N-methyl/N-ethyl adjacent to an activating group) is 1. The quantitative estimate of drug-likeness (QED) is 0.0538. The summed E-state index contributed by atoms with van der Waals surface area (Å²) in [4.78, 5) is 66.3. The first-order valence-corrected chi connectivity index (χ1v) is 29.2. The van der Waals surface area contributed by atoms with Crippen molar-refractivity contribution in [3.05, 3.63) is 119 Å². The van der Waals surface area contributed by atoms with Gasteiger partial charge in [0.2, 0.25) is 17.7 Å². The Morgan fingerprint density at radius 3 is 2.55 bits per heavy atom. The minimum absolute atomic E-state index is 0.0398. The smallest absolute Gasteiger partial charge is 0.318 e. The Morgan fingerprint density at radius 2 is 1.77 bits per heavy atom. The van der Waals surface area contributed by atoms with E-state index in [1.54, 1.807) is 23.4 Å². The number of anilines is 2. The summed E-state index contributed by atoms with van der Waals surface area (Å²) in [6, 6.07) is 23.8.